The molecule has 4 rings (SSSR count). The third-order valence-corrected chi connectivity index (χ3v) is 8.26. The van der Waals surface area contributed by atoms with E-state index in [1.54, 1.807) is 0 Å². The molecule has 0 heterocycles. The van der Waals surface area contributed by atoms with Gasteiger partial charge in [0.1, 0.15) is 5.82 Å². The van der Waals surface area contributed by atoms with Crippen LogP contribution < -0.4 is 0 Å². The molecule has 4 atom stereocenters. The molecule has 0 N–H and O–H groups in total. The van der Waals surface area contributed by atoms with Gasteiger partial charge in [-0.05, 0) is 118 Å². The van der Waals surface area contributed by atoms with Crippen LogP contribution in [0.2, 0.25) is 0 Å². The third kappa shape index (κ3) is 6.25. The maximum atomic E-state index is 15.2. The average Bonchev–Trinajstić information content (AvgIpc) is 2.84. The van der Waals surface area contributed by atoms with Gasteiger partial charge in [-0.2, -0.15) is 0 Å². The molecule has 0 nitrogen and oxygen atoms in total. The summed E-state index contributed by atoms with van der Waals surface area (Å²) in [4.78, 5) is 0. The molecule has 4 unspecified atom stereocenters. The first-order chi connectivity index (χ1) is 16.2. The van der Waals surface area contributed by atoms with Crippen LogP contribution in [0, 0.1) is 23.6 Å². The fourth-order valence-electron chi connectivity index (χ4n) is 6.34. The summed E-state index contributed by atoms with van der Waals surface area (Å²) in [6, 6.07) is 14.5. The lowest BCUT2D eigenvalue weighted by Crippen LogP contribution is -2.30. The highest BCUT2D eigenvalue weighted by Gasteiger charge is 2.35. The van der Waals surface area contributed by atoms with Gasteiger partial charge in [-0.15, -0.1) is 0 Å². The number of fused-ring (bicyclic) bond motifs is 1. The second kappa shape index (κ2) is 11.8. The number of rotatable bonds is 8. The number of benzene rings is 2. The Morgan fingerprint density at radius 2 is 1.55 bits per heavy atom. The molecule has 0 saturated heterocycles. The summed E-state index contributed by atoms with van der Waals surface area (Å²) in [6.45, 7) is 4.18. The highest BCUT2D eigenvalue weighted by Crippen LogP contribution is 2.48. The summed E-state index contributed by atoms with van der Waals surface area (Å²) in [5, 5.41) is 0. The summed E-state index contributed by atoms with van der Waals surface area (Å²) < 4.78 is 15.2. The predicted octanol–water partition coefficient (Wildman–Crippen LogP) is 9.66. The lowest BCUT2D eigenvalue weighted by atomic mass is 9.63. The Labute approximate surface area is 201 Å². The largest absolute Gasteiger partial charge is 0.206 e. The van der Waals surface area contributed by atoms with Crippen LogP contribution in [-0.2, 0) is 6.42 Å². The highest BCUT2D eigenvalue weighted by molar-refractivity contribution is 5.65. The summed E-state index contributed by atoms with van der Waals surface area (Å²) in [5.74, 6) is 3.14. The lowest BCUT2D eigenvalue weighted by Gasteiger charge is -2.42. The van der Waals surface area contributed by atoms with Gasteiger partial charge < -0.3 is 0 Å². The van der Waals surface area contributed by atoms with E-state index in [-0.39, 0.29) is 5.82 Å². The van der Waals surface area contributed by atoms with Gasteiger partial charge in [-0.3, -0.25) is 0 Å². The molecule has 0 spiro atoms. The van der Waals surface area contributed by atoms with Gasteiger partial charge in [-0.25, -0.2) is 4.39 Å². The smallest absolute Gasteiger partial charge is 0.131 e. The van der Waals surface area contributed by atoms with Gasteiger partial charge in [0.15, 0.2) is 0 Å². The summed E-state index contributed by atoms with van der Waals surface area (Å²) in [5.41, 5.74) is 4.23. The van der Waals surface area contributed by atoms with Crippen molar-refractivity contribution in [1.29, 1.82) is 0 Å². The van der Waals surface area contributed by atoms with Gasteiger partial charge in [0.05, 0.1) is 0 Å². The van der Waals surface area contributed by atoms with Gasteiger partial charge in [0.2, 0.25) is 0 Å². The minimum absolute atomic E-state index is 0.0658. The van der Waals surface area contributed by atoms with Crippen molar-refractivity contribution >= 4 is 0 Å². The van der Waals surface area contributed by atoms with Crippen LogP contribution in [0.3, 0.4) is 0 Å². The van der Waals surface area contributed by atoms with E-state index in [2.05, 4.69) is 68.5 Å². The standard InChI is InChI=1S/C32H41F/c1-3-5-7-9-24-11-14-26(15-12-24)31-20-19-30(23-32(31)33)29-18-17-27-21-25(10-8-6-4-2)13-16-28(27)22-29/h3-6,11-12,14-15,19-20,23,25,27-29H,7-10,13,16-18,21-22H2,1-2H3/b5-3+,6-4+. The SMILES string of the molecule is C/C=C/CCc1ccc(-c2ccc(C3CCC4CC(CC/C=C/C)CCC4C3)cc2F)cc1. The van der Waals surface area contributed by atoms with Crippen molar-refractivity contribution in [3.63, 3.8) is 0 Å². The molecule has 176 valence electrons. The van der Waals surface area contributed by atoms with E-state index in [0.29, 0.717) is 5.92 Å². The number of halogens is 1. The molecule has 0 amide bonds. The van der Waals surface area contributed by atoms with Gasteiger partial charge >= 0.3 is 0 Å². The molecule has 0 aliphatic heterocycles. The third-order valence-electron chi connectivity index (χ3n) is 8.26. The zero-order valence-corrected chi connectivity index (χ0v) is 20.6. The van der Waals surface area contributed by atoms with Crippen molar-refractivity contribution < 1.29 is 4.39 Å². The molecule has 2 saturated carbocycles. The van der Waals surface area contributed by atoms with Crippen LogP contribution >= 0.6 is 0 Å². The fourth-order valence-corrected chi connectivity index (χ4v) is 6.34. The zero-order valence-electron chi connectivity index (χ0n) is 20.6. The first kappa shape index (κ1) is 24.0. The second-order valence-corrected chi connectivity index (χ2v) is 10.4. The van der Waals surface area contributed by atoms with Crippen LogP contribution in [-0.4, -0.2) is 0 Å². The molecule has 1 heteroatoms. The van der Waals surface area contributed by atoms with Crippen molar-refractivity contribution in [2.75, 3.05) is 0 Å². The monoisotopic (exact) mass is 444 g/mol. The van der Waals surface area contributed by atoms with Crippen molar-refractivity contribution in [2.45, 2.75) is 84.0 Å². The maximum Gasteiger partial charge on any atom is 0.131 e. The van der Waals surface area contributed by atoms with E-state index in [4.69, 9.17) is 0 Å². The van der Waals surface area contributed by atoms with Crippen molar-refractivity contribution in [3.8, 4) is 11.1 Å². The molecule has 0 radical (unpaired) electrons. The lowest BCUT2D eigenvalue weighted by molar-refractivity contribution is 0.115. The Bertz CT molecular complexity index is 935. The molecule has 2 aliphatic carbocycles. The number of hydrogen-bond donors (Lipinski definition) is 0. The number of hydrogen-bond acceptors (Lipinski definition) is 0. The van der Waals surface area contributed by atoms with Crippen LogP contribution in [0.25, 0.3) is 11.1 Å². The minimum atomic E-state index is -0.0658. The van der Waals surface area contributed by atoms with E-state index in [1.165, 1.54) is 62.5 Å². The maximum absolute atomic E-state index is 15.2. The van der Waals surface area contributed by atoms with Crippen molar-refractivity contribution in [3.05, 3.63) is 83.7 Å². The first-order valence-corrected chi connectivity index (χ1v) is 13.3. The minimum Gasteiger partial charge on any atom is -0.206 e. The Balaban J connectivity index is 1.36. The topological polar surface area (TPSA) is 0 Å². The Hall–Kier alpha value is -2.15. The van der Waals surface area contributed by atoms with Gasteiger partial charge in [-0.1, -0.05) is 67.1 Å². The predicted molar refractivity (Wildman–Crippen MR) is 140 cm³/mol. The quantitative estimate of drug-likeness (QED) is 0.355. The van der Waals surface area contributed by atoms with Gasteiger partial charge in [0.25, 0.3) is 0 Å². The molecule has 2 aromatic carbocycles. The molecule has 2 fully saturated rings. The molecular formula is C32H41F. The van der Waals surface area contributed by atoms with E-state index >= 15 is 4.39 Å². The van der Waals surface area contributed by atoms with E-state index in [0.717, 1.165) is 41.7 Å². The molecular weight excluding hydrogens is 403 g/mol. The first-order valence-electron chi connectivity index (χ1n) is 13.3. The van der Waals surface area contributed by atoms with E-state index in [9.17, 15) is 0 Å². The molecule has 2 aromatic rings. The second-order valence-electron chi connectivity index (χ2n) is 10.4. The average molecular weight is 445 g/mol. The Morgan fingerprint density at radius 1 is 0.818 bits per heavy atom. The number of allylic oxidation sites excluding steroid dienone is 4. The van der Waals surface area contributed by atoms with Gasteiger partial charge in [0, 0.05) is 5.56 Å². The molecule has 0 aromatic heterocycles. The molecule has 2 aliphatic rings. The van der Waals surface area contributed by atoms with Crippen molar-refractivity contribution in [1.82, 2.24) is 0 Å². The van der Waals surface area contributed by atoms with Crippen LogP contribution in [0.4, 0.5) is 4.39 Å². The summed E-state index contributed by atoms with van der Waals surface area (Å²) >= 11 is 0. The number of aryl methyl sites for hydroxylation is 1. The van der Waals surface area contributed by atoms with E-state index in [1.807, 2.05) is 12.1 Å². The fraction of sp³-hybridized carbons (Fsp3) is 0.500. The van der Waals surface area contributed by atoms with E-state index < -0.39 is 0 Å². The van der Waals surface area contributed by atoms with Crippen molar-refractivity contribution in [2.24, 2.45) is 17.8 Å². The summed E-state index contributed by atoms with van der Waals surface area (Å²) in [6.07, 6.45) is 21.5. The zero-order chi connectivity index (χ0) is 23.0. The normalized spacial score (nSPS) is 25.5. The van der Waals surface area contributed by atoms with Crippen LogP contribution in [0.15, 0.2) is 66.8 Å². The molecule has 33 heavy (non-hydrogen) atoms. The van der Waals surface area contributed by atoms with Crippen LogP contribution in [0.5, 0.6) is 0 Å². The van der Waals surface area contributed by atoms with Crippen LogP contribution in [0.1, 0.15) is 88.7 Å². The summed E-state index contributed by atoms with van der Waals surface area (Å²) in [7, 11) is 0. The molecule has 0 bridgehead atoms. The highest BCUT2D eigenvalue weighted by atomic mass is 19.1. The Kier molecular flexibility index (Phi) is 8.59. The Morgan fingerprint density at radius 3 is 2.30 bits per heavy atom.